The van der Waals surface area contributed by atoms with E-state index in [-0.39, 0.29) is 0 Å². The minimum atomic E-state index is 0.556. The van der Waals surface area contributed by atoms with Crippen LogP contribution in [-0.4, -0.2) is 4.98 Å². The van der Waals surface area contributed by atoms with E-state index < -0.39 is 0 Å². The fraction of sp³-hybridized carbons (Fsp3) is 0. The van der Waals surface area contributed by atoms with Gasteiger partial charge < -0.3 is 18.6 Å². The average molecular weight is 670 g/mol. The zero-order valence-electron chi connectivity index (χ0n) is 28.1. The molecule has 0 aliphatic heterocycles. The molecule has 10 aromatic rings. The van der Waals surface area contributed by atoms with Crippen LogP contribution in [-0.2, 0) is 0 Å². The number of hydrogen-bond acceptors (Lipinski definition) is 5. The second kappa shape index (κ2) is 12.3. The van der Waals surface area contributed by atoms with Crippen molar-refractivity contribution in [2.75, 3.05) is 9.80 Å². The Morgan fingerprint density at radius 2 is 0.981 bits per heavy atom. The minimum absolute atomic E-state index is 0.556. The summed E-state index contributed by atoms with van der Waals surface area (Å²) in [6.07, 6.45) is 0. The summed E-state index contributed by atoms with van der Waals surface area (Å²) in [6.45, 7) is 0. The first-order chi connectivity index (χ1) is 25.8. The maximum atomic E-state index is 6.71. The second-order valence-corrected chi connectivity index (χ2v) is 12.8. The Labute approximate surface area is 300 Å². The maximum absolute atomic E-state index is 6.71. The van der Waals surface area contributed by atoms with E-state index in [1.165, 1.54) is 0 Å². The van der Waals surface area contributed by atoms with Crippen LogP contribution in [0.25, 0.3) is 55.3 Å². The summed E-state index contributed by atoms with van der Waals surface area (Å²) in [6, 6.07) is 64.8. The zero-order valence-corrected chi connectivity index (χ0v) is 28.1. The van der Waals surface area contributed by atoms with Crippen LogP contribution in [0.5, 0.6) is 0 Å². The summed E-state index contributed by atoms with van der Waals surface area (Å²) < 4.78 is 13.4. The Hall–Kier alpha value is -7.11. The van der Waals surface area contributed by atoms with Crippen molar-refractivity contribution in [2.45, 2.75) is 0 Å². The Morgan fingerprint density at radius 3 is 1.77 bits per heavy atom. The van der Waals surface area contributed by atoms with Gasteiger partial charge in [-0.3, -0.25) is 0 Å². The minimum Gasteiger partial charge on any atom is -0.454 e. The van der Waals surface area contributed by atoms with Gasteiger partial charge in [-0.15, -0.1) is 0 Å². The number of aromatic nitrogens is 1. The van der Waals surface area contributed by atoms with Crippen LogP contribution in [0.4, 0.5) is 34.1 Å². The van der Waals surface area contributed by atoms with Crippen molar-refractivity contribution in [3.63, 3.8) is 0 Å². The normalized spacial score (nSPS) is 11.5. The van der Waals surface area contributed by atoms with Crippen LogP contribution in [0, 0.1) is 0 Å². The highest BCUT2D eigenvalue weighted by Gasteiger charge is 2.26. The predicted octanol–water partition coefficient (Wildman–Crippen LogP) is 13.5. The molecular weight excluding hydrogens is 639 g/mol. The van der Waals surface area contributed by atoms with Crippen molar-refractivity contribution >= 4 is 77.9 Å². The summed E-state index contributed by atoms with van der Waals surface area (Å²) in [5, 5.41) is 4.43. The lowest BCUT2D eigenvalue weighted by molar-refractivity contribution is 0.620. The molecule has 0 atom stereocenters. The van der Waals surface area contributed by atoms with Gasteiger partial charge in [0.2, 0.25) is 5.89 Å². The van der Waals surface area contributed by atoms with E-state index in [2.05, 4.69) is 143 Å². The first kappa shape index (κ1) is 29.8. The lowest BCUT2D eigenvalue weighted by Gasteiger charge is -2.30. The van der Waals surface area contributed by atoms with E-state index >= 15 is 0 Å². The monoisotopic (exact) mass is 669 g/mol. The van der Waals surface area contributed by atoms with Crippen LogP contribution >= 0.6 is 0 Å². The first-order valence-corrected chi connectivity index (χ1v) is 17.4. The highest BCUT2D eigenvalue weighted by atomic mass is 16.3. The van der Waals surface area contributed by atoms with E-state index in [4.69, 9.17) is 13.8 Å². The van der Waals surface area contributed by atoms with Crippen LogP contribution in [0.1, 0.15) is 0 Å². The number of benzene rings is 8. The summed E-state index contributed by atoms with van der Waals surface area (Å²) in [5.74, 6) is 0.556. The average Bonchev–Trinajstić information content (AvgIpc) is 3.82. The second-order valence-electron chi connectivity index (χ2n) is 12.8. The van der Waals surface area contributed by atoms with Gasteiger partial charge >= 0.3 is 0 Å². The van der Waals surface area contributed by atoms with E-state index in [1.54, 1.807) is 0 Å². The molecule has 10 rings (SSSR count). The molecule has 5 nitrogen and oxygen atoms in total. The summed E-state index contributed by atoms with van der Waals surface area (Å²) in [5.41, 5.74) is 9.70. The Morgan fingerprint density at radius 1 is 0.385 bits per heavy atom. The SMILES string of the molecule is c1ccc(-c2nc3c(N(c4ccccc4)c4cccc5c4oc4ccccc45)cc(N(c4ccccc4)c4cccc5ccccc45)cc3o2)cc1. The van der Waals surface area contributed by atoms with Crippen molar-refractivity contribution < 1.29 is 8.83 Å². The molecule has 52 heavy (non-hydrogen) atoms. The van der Waals surface area contributed by atoms with E-state index in [0.29, 0.717) is 11.5 Å². The predicted molar refractivity (Wildman–Crippen MR) is 214 cm³/mol. The quantitative estimate of drug-likeness (QED) is 0.169. The number of para-hydroxylation sites is 4. The molecule has 0 N–H and O–H groups in total. The zero-order chi connectivity index (χ0) is 34.4. The van der Waals surface area contributed by atoms with Gasteiger partial charge in [0, 0.05) is 39.2 Å². The third-order valence-electron chi connectivity index (χ3n) is 9.64. The fourth-order valence-electron chi connectivity index (χ4n) is 7.30. The van der Waals surface area contributed by atoms with E-state index in [1.807, 2.05) is 54.6 Å². The van der Waals surface area contributed by atoms with Crippen molar-refractivity contribution in [2.24, 2.45) is 0 Å². The largest absolute Gasteiger partial charge is 0.454 e. The number of anilines is 6. The third-order valence-corrected chi connectivity index (χ3v) is 9.64. The fourth-order valence-corrected chi connectivity index (χ4v) is 7.30. The first-order valence-electron chi connectivity index (χ1n) is 17.4. The van der Waals surface area contributed by atoms with Gasteiger partial charge in [-0.1, -0.05) is 121 Å². The van der Waals surface area contributed by atoms with Gasteiger partial charge in [-0.05, 0) is 66.0 Å². The topological polar surface area (TPSA) is 45.7 Å². The van der Waals surface area contributed by atoms with Crippen molar-refractivity contribution in [3.05, 3.63) is 188 Å². The molecule has 0 amide bonds. The molecule has 0 aliphatic carbocycles. The van der Waals surface area contributed by atoms with Gasteiger partial charge in [0.1, 0.15) is 11.1 Å². The summed E-state index contributed by atoms with van der Waals surface area (Å²) in [4.78, 5) is 9.77. The van der Waals surface area contributed by atoms with Gasteiger partial charge in [0.25, 0.3) is 0 Å². The molecule has 8 aromatic carbocycles. The van der Waals surface area contributed by atoms with E-state index in [0.717, 1.165) is 77.9 Å². The lowest BCUT2D eigenvalue weighted by atomic mass is 10.1. The molecular formula is C47H31N3O2. The maximum Gasteiger partial charge on any atom is 0.227 e. The molecule has 0 unspecified atom stereocenters. The van der Waals surface area contributed by atoms with Gasteiger partial charge in [-0.2, -0.15) is 0 Å². The van der Waals surface area contributed by atoms with Crippen LogP contribution in [0.3, 0.4) is 0 Å². The standard InChI is InChI=1S/C47H31N3O2/c1-4-17-33(18-5-1)47-48-45-42(50(35-22-8-3-9-23-35)41-28-15-26-39-38-25-12-13-29-43(38)51-46(39)41)30-36(31-44(45)52-47)49(34-20-6-2-7-21-34)40-27-14-19-32-16-10-11-24-37(32)40/h1-31H. The summed E-state index contributed by atoms with van der Waals surface area (Å²) >= 11 is 0. The van der Waals surface area contributed by atoms with Gasteiger partial charge in [0.05, 0.1) is 22.7 Å². The molecule has 0 radical (unpaired) electrons. The molecule has 2 aromatic heterocycles. The van der Waals surface area contributed by atoms with Crippen LogP contribution in [0.2, 0.25) is 0 Å². The number of nitrogens with zero attached hydrogens (tertiary/aromatic N) is 3. The molecule has 0 aliphatic rings. The number of oxazole rings is 1. The van der Waals surface area contributed by atoms with Crippen LogP contribution in [0.15, 0.2) is 197 Å². The van der Waals surface area contributed by atoms with Crippen LogP contribution < -0.4 is 9.80 Å². The number of furan rings is 1. The molecule has 0 bridgehead atoms. The highest BCUT2D eigenvalue weighted by Crippen LogP contribution is 2.48. The Balaban J connectivity index is 1.30. The number of hydrogen-bond donors (Lipinski definition) is 0. The van der Waals surface area contributed by atoms with Gasteiger partial charge in [0.15, 0.2) is 11.2 Å². The highest BCUT2D eigenvalue weighted by molar-refractivity contribution is 6.12. The molecule has 0 saturated carbocycles. The molecule has 0 saturated heterocycles. The number of fused-ring (bicyclic) bond motifs is 5. The summed E-state index contributed by atoms with van der Waals surface area (Å²) in [7, 11) is 0. The Bertz CT molecular complexity index is 2860. The lowest BCUT2D eigenvalue weighted by Crippen LogP contribution is -2.14. The smallest absolute Gasteiger partial charge is 0.227 e. The molecule has 0 fully saturated rings. The third kappa shape index (κ3) is 4.98. The van der Waals surface area contributed by atoms with Crippen molar-refractivity contribution in [1.82, 2.24) is 4.98 Å². The molecule has 246 valence electrons. The molecule has 0 spiro atoms. The van der Waals surface area contributed by atoms with Crippen molar-refractivity contribution in [3.8, 4) is 11.5 Å². The van der Waals surface area contributed by atoms with Crippen molar-refractivity contribution in [1.29, 1.82) is 0 Å². The molecule has 2 heterocycles. The molecule has 5 heteroatoms. The Kier molecular flexibility index (Phi) is 7.07. The number of rotatable bonds is 7. The van der Waals surface area contributed by atoms with Gasteiger partial charge in [-0.25, -0.2) is 4.98 Å². The van der Waals surface area contributed by atoms with E-state index in [9.17, 15) is 0 Å².